The smallest absolute Gasteiger partial charge is 0.229 e. The second kappa shape index (κ2) is 8.97. The third-order valence-corrected chi connectivity index (χ3v) is 6.35. The Morgan fingerprint density at radius 2 is 1.89 bits per heavy atom. The monoisotopic (exact) mass is 391 g/mol. The SMILES string of the molecule is N=S1CCCCNc2nc(ncc2CCc2ccccc2)Nc2cccc1c2. The van der Waals surface area contributed by atoms with E-state index in [0.29, 0.717) is 5.95 Å². The maximum atomic E-state index is 8.42. The van der Waals surface area contributed by atoms with E-state index in [1.54, 1.807) is 0 Å². The zero-order valence-corrected chi connectivity index (χ0v) is 16.6. The van der Waals surface area contributed by atoms with Crippen LogP contribution in [0.5, 0.6) is 0 Å². The Morgan fingerprint density at radius 1 is 1.00 bits per heavy atom. The summed E-state index contributed by atoms with van der Waals surface area (Å²) in [5, 5.41) is 6.80. The molecule has 0 saturated heterocycles. The van der Waals surface area contributed by atoms with Gasteiger partial charge in [0.15, 0.2) is 0 Å². The molecule has 0 radical (unpaired) electrons. The number of benzene rings is 2. The molecule has 3 N–H and O–H groups in total. The van der Waals surface area contributed by atoms with Crippen molar-refractivity contribution in [3.05, 3.63) is 71.9 Å². The maximum absolute atomic E-state index is 8.42. The molecule has 1 aliphatic heterocycles. The van der Waals surface area contributed by atoms with E-state index in [2.05, 4.69) is 39.9 Å². The molecule has 2 heterocycles. The highest BCUT2D eigenvalue weighted by Gasteiger charge is 2.10. The van der Waals surface area contributed by atoms with Crippen molar-refractivity contribution in [1.29, 1.82) is 4.78 Å². The van der Waals surface area contributed by atoms with Gasteiger partial charge < -0.3 is 10.6 Å². The molecule has 4 bridgehead atoms. The molecule has 0 aliphatic carbocycles. The highest BCUT2D eigenvalue weighted by Crippen LogP contribution is 2.22. The molecule has 3 aromatic rings. The van der Waals surface area contributed by atoms with Gasteiger partial charge >= 0.3 is 0 Å². The van der Waals surface area contributed by atoms with Gasteiger partial charge in [0.25, 0.3) is 0 Å². The number of aryl methyl sites for hydroxylation is 2. The fraction of sp³-hybridized carbons (Fsp3) is 0.273. The summed E-state index contributed by atoms with van der Waals surface area (Å²) >= 11 is 0. The Morgan fingerprint density at radius 3 is 2.79 bits per heavy atom. The first kappa shape index (κ1) is 18.6. The van der Waals surface area contributed by atoms with Crippen molar-refractivity contribution < 1.29 is 0 Å². The minimum Gasteiger partial charge on any atom is -0.370 e. The number of anilines is 3. The zero-order valence-electron chi connectivity index (χ0n) is 15.8. The third kappa shape index (κ3) is 4.75. The predicted octanol–water partition coefficient (Wildman–Crippen LogP) is 4.95. The van der Waals surface area contributed by atoms with E-state index in [1.807, 2.05) is 36.5 Å². The molecular formula is C22H25N5S. The molecular weight excluding hydrogens is 366 g/mol. The quantitative estimate of drug-likeness (QED) is 0.590. The summed E-state index contributed by atoms with van der Waals surface area (Å²) in [4.78, 5) is 10.3. The van der Waals surface area contributed by atoms with E-state index in [0.717, 1.165) is 59.9 Å². The normalized spacial score (nSPS) is 16.6. The third-order valence-electron chi connectivity index (χ3n) is 4.83. The number of hydrogen-bond donors (Lipinski definition) is 3. The highest BCUT2D eigenvalue weighted by molar-refractivity contribution is 7.86. The van der Waals surface area contributed by atoms with E-state index < -0.39 is 10.7 Å². The lowest BCUT2D eigenvalue weighted by Crippen LogP contribution is -2.10. The van der Waals surface area contributed by atoms with E-state index in [4.69, 9.17) is 9.76 Å². The van der Waals surface area contributed by atoms with Gasteiger partial charge in [0.2, 0.25) is 5.95 Å². The first-order chi connectivity index (χ1) is 13.8. The molecule has 144 valence electrons. The molecule has 1 aromatic heterocycles. The molecule has 6 heteroatoms. The Labute approximate surface area is 168 Å². The van der Waals surface area contributed by atoms with Gasteiger partial charge in [-0.3, -0.25) is 4.78 Å². The van der Waals surface area contributed by atoms with Crippen LogP contribution in [0.1, 0.15) is 24.0 Å². The Kier molecular flexibility index (Phi) is 5.97. The van der Waals surface area contributed by atoms with E-state index in [9.17, 15) is 0 Å². The van der Waals surface area contributed by atoms with Crippen molar-refractivity contribution in [3.8, 4) is 0 Å². The van der Waals surface area contributed by atoms with Crippen LogP contribution >= 0.6 is 0 Å². The summed E-state index contributed by atoms with van der Waals surface area (Å²) in [5.41, 5.74) is 3.39. The van der Waals surface area contributed by atoms with Crippen molar-refractivity contribution in [1.82, 2.24) is 9.97 Å². The number of rotatable bonds is 3. The molecule has 1 unspecified atom stereocenters. The molecule has 1 atom stereocenters. The molecule has 0 amide bonds. The van der Waals surface area contributed by atoms with Crippen molar-refractivity contribution in [3.63, 3.8) is 0 Å². The van der Waals surface area contributed by atoms with Crippen molar-refractivity contribution in [2.75, 3.05) is 22.9 Å². The lowest BCUT2D eigenvalue weighted by molar-refractivity contribution is 0.831. The summed E-state index contributed by atoms with van der Waals surface area (Å²) in [7, 11) is -0.476. The average Bonchev–Trinajstić information content (AvgIpc) is 2.73. The minimum absolute atomic E-state index is 0.476. The number of fused-ring (bicyclic) bond motifs is 4. The molecule has 28 heavy (non-hydrogen) atoms. The van der Waals surface area contributed by atoms with Gasteiger partial charge in [0.1, 0.15) is 5.82 Å². The van der Waals surface area contributed by atoms with Crippen molar-refractivity contribution >= 4 is 28.1 Å². The summed E-state index contributed by atoms with van der Waals surface area (Å²) in [6.45, 7) is 0.865. The van der Waals surface area contributed by atoms with Crippen LogP contribution in [0.2, 0.25) is 0 Å². The average molecular weight is 392 g/mol. The van der Waals surface area contributed by atoms with E-state index >= 15 is 0 Å². The molecule has 5 nitrogen and oxygen atoms in total. The van der Waals surface area contributed by atoms with Crippen molar-refractivity contribution in [2.45, 2.75) is 30.6 Å². The van der Waals surface area contributed by atoms with Crippen molar-refractivity contribution in [2.24, 2.45) is 0 Å². The molecule has 0 spiro atoms. The van der Waals surface area contributed by atoms with Gasteiger partial charge in [-0.25, -0.2) is 4.98 Å². The maximum Gasteiger partial charge on any atom is 0.229 e. The molecule has 1 aliphatic rings. The predicted molar refractivity (Wildman–Crippen MR) is 117 cm³/mol. The van der Waals surface area contributed by atoms with Crippen LogP contribution in [0.4, 0.5) is 17.5 Å². The Balaban J connectivity index is 1.58. The van der Waals surface area contributed by atoms with Gasteiger partial charge in [-0.15, -0.1) is 0 Å². The number of nitrogens with one attached hydrogen (secondary N) is 3. The summed E-state index contributed by atoms with van der Waals surface area (Å²) in [5.74, 6) is 2.40. The number of aromatic nitrogens is 2. The molecule has 4 rings (SSSR count). The highest BCUT2D eigenvalue weighted by atomic mass is 32.2. The topological polar surface area (TPSA) is 73.7 Å². The largest absolute Gasteiger partial charge is 0.370 e. The lowest BCUT2D eigenvalue weighted by atomic mass is 10.1. The zero-order chi connectivity index (χ0) is 19.2. The molecule has 0 fully saturated rings. The van der Waals surface area contributed by atoms with Crippen LogP contribution in [0.3, 0.4) is 0 Å². The summed E-state index contributed by atoms with van der Waals surface area (Å²) in [6.07, 6.45) is 5.87. The van der Waals surface area contributed by atoms with Gasteiger partial charge in [-0.05, 0) is 49.4 Å². The summed E-state index contributed by atoms with van der Waals surface area (Å²) < 4.78 is 8.42. The Hall–Kier alpha value is -2.73. The Bertz CT molecular complexity index is 958. The standard InChI is InChI=1S/C22H25N5S/c23-28-14-5-4-13-24-21-18(12-11-17-7-2-1-3-8-17)16-25-22(27-21)26-19-9-6-10-20(28)15-19/h1-3,6-10,15-16,23H,4-5,11-14H2,(H2,24,25,26,27). The lowest BCUT2D eigenvalue weighted by Gasteiger charge is -2.13. The fourth-order valence-electron chi connectivity index (χ4n) is 3.28. The fourth-order valence-corrected chi connectivity index (χ4v) is 4.52. The number of nitrogens with zero attached hydrogens (tertiary/aromatic N) is 2. The second-order valence-corrected chi connectivity index (χ2v) is 8.60. The van der Waals surface area contributed by atoms with Crippen LogP contribution in [-0.2, 0) is 23.5 Å². The minimum atomic E-state index is -0.476. The van der Waals surface area contributed by atoms with Crippen LogP contribution in [0.15, 0.2) is 65.7 Å². The molecule has 2 aromatic carbocycles. The van der Waals surface area contributed by atoms with Gasteiger partial charge in [-0.1, -0.05) is 47.1 Å². The van der Waals surface area contributed by atoms with E-state index in [-0.39, 0.29) is 0 Å². The summed E-state index contributed by atoms with van der Waals surface area (Å²) in [6, 6.07) is 18.6. The van der Waals surface area contributed by atoms with Crippen LogP contribution < -0.4 is 10.6 Å². The van der Waals surface area contributed by atoms with Crippen LogP contribution in [0.25, 0.3) is 0 Å². The van der Waals surface area contributed by atoms with Gasteiger partial charge in [-0.2, -0.15) is 4.98 Å². The van der Waals surface area contributed by atoms with Crippen LogP contribution in [0, 0.1) is 4.78 Å². The van der Waals surface area contributed by atoms with Crippen LogP contribution in [-0.4, -0.2) is 22.3 Å². The first-order valence-corrected chi connectivity index (χ1v) is 11.1. The second-order valence-electron chi connectivity index (χ2n) is 6.93. The van der Waals surface area contributed by atoms with Gasteiger partial charge in [0.05, 0.1) is 0 Å². The first-order valence-electron chi connectivity index (χ1n) is 9.71. The van der Waals surface area contributed by atoms with Gasteiger partial charge in [0, 0.05) is 34.6 Å². The molecule has 0 saturated carbocycles. The van der Waals surface area contributed by atoms with E-state index in [1.165, 1.54) is 5.56 Å². The number of hydrogen-bond acceptors (Lipinski definition) is 5.